The fraction of sp³-hybridized carbons (Fsp3) is 0.278. The van der Waals surface area contributed by atoms with Crippen LogP contribution in [0.15, 0.2) is 51.8 Å². The summed E-state index contributed by atoms with van der Waals surface area (Å²) in [5.74, 6) is -0.862. The summed E-state index contributed by atoms with van der Waals surface area (Å²) in [7, 11) is -3.64. The second kappa shape index (κ2) is 8.98. The number of sulfonamides is 1. The first-order chi connectivity index (χ1) is 13.1. The number of aliphatic hydroxyl groups excluding tert-OH is 1. The van der Waals surface area contributed by atoms with Crippen molar-refractivity contribution >= 4 is 26.0 Å². The van der Waals surface area contributed by atoms with E-state index in [-0.39, 0.29) is 35.7 Å². The van der Waals surface area contributed by atoms with Crippen molar-refractivity contribution in [1.29, 1.82) is 5.26 Å². The van der Waals surface area contributed by atoms with E-state index >= 15 is 0 Å². The van der Waals surface area contributed by atoms with E-state index < -0.39 is 28.0 Å². The Hall–Kier alpha value is -2.03. The van der Waals surface area contributed by atoms with Crippen LogP contribution in [0.1, 0.15) is 12.0 Å². The smallest absolute Gasteiger partial charge is 0.244 e. The van der Waals surface area contributed by atoms with Crippen LogP contribution in [0.4, 0.5) is 4.39 Å². The summed E-state index contributed by atoms with van der Waals surface area (Å²) in [6, 6.07) is 11.6. The molecule has 0 bridgehead atoms. The molecule has 1 saturated heterocycles. The second-order valence-electron chi connectivity index (χ2n) is 6.18. The summed E-state index contributed by atoms with van der Waals surface area (Å²) in [6.07, 6.45) is 0.243. The van der Waals surface area contributed by atoms with Crippen molar-refractivity contribution in [3.05, 3.63) is 58.3 Å². The van der Waals surface area contributed by atoms with Crippen molar-refractivity contribution in [2.75, 3.05) is 19.7 Å². The molecule has 2 aromatic carbocycles. The Morgan fingerprint density at radius 2 is 1.96 bits per heavy atom. The zero-order chi connectivity index (χ0) is 20.9. The summed E-state index contributed by atoms with van der Waals surface area (Å²) in [5, 5.41) is 35.9. The monoisotopic (exact) mass is 472 g/mol. The number of rotatable bonds is 3. The number of aliphatic hydroxyl groups is 2. The largest absolute Gasteiger partial charge is 0.508 e. The van der Waals surface area contributed by atoms with Gasteiger partial charge in [0.1, 0.15) is 23.2 Å². The van der Waals surface area contributed by atoms with Gasteiger partial charge in [0.05, 0.1) is 17.1 Å². The van der Waals surface area contributed by atoms with Crippen LogP contribution in [0.25, 0.3) is 0 Å². The van der Waals surface area contributed by atoms with E-state index in [0.717, 1.165) is 6.07 Å². The van der Waals surface area contributed by atoms with Crippen LogP contribution in [-0.4, -0.2) is 53.3 Å². The van der Waals surface area contributed by atoms with Crippen molar-refractivity contribution in [3.63, 3.8) is 0 Å². The SMILES string of the molecule is N#Cc1ccc(O)cc1F.O=S(=O)(c1ccccc1Br)N1CCC(O)(CO)C1. The lowest BCUT2D eigenvalue weighted by molar-refractivity contribution is -0.000735. The van der Waals surface area contributed by atoms with E-state index in [0.29, 0.717) is 4.47 Å². The Balaban J connectivity index is 0.000000237. The molecule has 0 amide bonds. The van der Waals surface area contributed by atoms with Gasteiger partial charge in [0, 0.05) is 23.6 Å². The van der Waals surface area contributed by atoms with E-state index in [1.165, 1.54) is 22.5 Å². The molecule has 1 aliphatic heterocycles. The first-order valence-corrected chi connectivity index (χ1v) is 10.3. The molecule has 28 heavy (non-hydrogen) atoms. The van der Waals surface area contributed by atoms with Gasteiger partial charge in [0.2, 0.25) is 10.0 Å². The number of nitrogens with zero attached hydrogens (tertiary/aromatic N) is 2. The van der Waals surface area contributed by atoms with Crippen LogP contribution in [0.2, 0.25) is 0 Å². The Bertz CT molecular complexity index is 996. The number of phenolic OH excluding ortho intramolecular Hbond substituents is 1. The van der Waals surface area contributed by atoms with Gasteiger partial charge in [-0.05, 0) is 46.6 Å². The molecule has 150 valence electrons. The molecule has 1 aliphatic rings. The number of β-amino-alcohol motifs (C(OH)–C–C–N with tert-alkyl or cyclic N) is 1. The van der Waals surface area contributed by atoms with Crippen LogP contribution >= 0.6 is 15.9 Å². The molecule has 10 heteroatoms. The summed E-state index contributed by atoms with van der Waals surface area (Å²) >= 11 is 3.21. The van der Waals surface area contributed by atoms with E-state index in [2.05, 4.69) is 15.9 Å². The predicted octanol–water partition coefficient (Wildman–Crippen LogP) is 1.97. The zero-order valence-electron chi connectivity index (χ0n) is 14.6. The third-order valence-electron chi connectivity index (χ3n) is 4.12. The van der Waals surface area contributed by atoms with Crippen LogP contribution in [0.3, 0.4) is 0 Å². The zero-order valence-corrected chi connectivity index (χ0v) is 17.0. The minimum Gasteiger partial charge on any atom is -0.508 e. The van der Waals surface area contributed by atoms with E-state index in [9.17, 15) is 17.9 Å². The second-order valence-corrected chi connectivity index (χ2v) is 8.94. The van der Waals surface area contributed by atoms with Gasteiger partial charge < -0.3 is 15.3 Å². The first kappa shape index (κ1) is 22.3. The number of hydrogen-bond acceptors (Lipinski definition) is 6. The highest BCUT2D eigenvalue weighted by atomic mass is 79.9. The number of aromatic hydroxyl groups is 1. The number of benzene rings is 2. The number of phenols is 1. The fourth-order valence-corrected chi connectivity index (χ4v) is 5.02. The molecule has 7 nitrogen and oxygen atoms in total. The van der Waals surface area contributed by atoms with Crippen molar-refractivity contribution in [2.24, 2.45) is 0 Å². The highest BCUT2D eigenvalue weighted by Gasteiger charge is 2.41. The molecule has 3 N–H and O–H groups in total. The quantitative estimate of drug-likeness (QED) is 0.627. The standard InChI is InChI=1S/C11H14BrNO4S.C7H4FNO/c12-9-3-1-2-4-10(9)18(16,17)13-6-5-11(15,7-13)8-14;8-7-3-6(10)2-1-5(7)4-9/h1-4,14-15H,5-8H2;1-3,10H. The van der Waals surface area contributed by atoms with Crippen LogP contribution in [0, 0.1) is 17.1 Å². The topological polar surface area (TPSA) is 122 Å². The Morgan fingerprint density at radius 3 is 2.50 bits per heavy atom. The molecule has 1 heterocycles. The molecule has 0 radical (unpaired) electrons. The van der Waals surface area contributed by atoms with Crippen molar-refractivity contribution in [3.8, 4) is 11.8 Å². The molecule has 1 fully saturated rings. The van der Waals surface area contributed by atoms with Gasteiger partial charge in [-0.1, -0.05) is 12.1 Å². The van der Waals surface area contributed by atoms with Crippen molar-refractivity contribution < 1.29 is 28.1 Å². The highest BCUT2D eigenvalue weighted by Crippen LogP contribution is 2.30. The molecule has 0 spiro atoms. The number of halogens is 2. The Labute approximate surface area is 170 Å². The first-order valence-electron chi connectivity index (χ1n) is 8.09. The van der Waals surface area contributed by atoms with Gasteiger partial charge in [-0.2, -0.15) is 9.57 Å². The van der Waals surface area contributed by atoms with E-state index in [4.69, 9.17) is 15.5 Å². The Morgan fingerprint density at radius 1 is 1.29 bits per heavy atom. The van der Waals surface area contributed by atoms with Crippen LogP contribution in [-0.2, 0) is 10.0 Å². The molecule has 0 saturated carbocycles. The van der Waals surface area contributed by atoms with Gasteiger partial charge in [0.15, 0.2) is 0 Å². The fourth-order valence-electron chi connectivity index (χ4n) is 2.54. The summed E-state index contributed by atoms with van der Waals surface area (Å²) in [6.45, 7) is -0.303. The average Bonchev–Trinajstić information content (AvgIpc) is 3.06. The maximum Gasteiger partial charge on any atom is 0.244 e. The lowest BCUT2D eigenvalue weighted by atomic mass is 10.1. The molecular formula is C18H18BrFN2O5S. The third-order valence-corrected chi connectivity index (χ3v) is 6.98. The van der Waals surface area contributed by atoms with Gasteiger partial charge in [-0.25, -0.2) is 12.8 Å². The molecule has 0 aliphatic carbocycles. The summed E-state index contributed by atoms with van der Waals surface area (Å²) in [5.41, 5.74) is -1.38. The predicted molar refractivity (Wildman–Crippen MR) is 102 cm³/mol. The molecule has 1 atom stereocenters. The van der Waals surface area contributed by atoms with Gasteiger partial charge >= 0.3 is 0 Å². The Kier molecular flexibility index (Phi) is 7.14. The van der Waals surface area contributed by atoms with Gasteiger partial charge in [0.25, 0.3) is 0 Å². The molecular weight excluding hydrogens is 455 g/mol. The summed E-state index contributed by atoms with van der Waals surface area (Å²) < 4.78 is 38.9. The lowest BCUT2D eigenvalue weighted by Gasteiger charge is -2.21. The number of nitriles is 1. The highest BCUT2D eigenvalue weighted by molar-refractivity contribution is 9.10. The van der Waals surface area contributed by atoms with Crippen LogP contribution < -0.4 is 0 Å². The molecule has 2 aromatic rings. The van der Waals surface area contributed by atoms with Crippen LogP contribution in [0.5, 0.6) is 5.75 Å². The van der Waals surface area contributed by atoms with E-state index in [1.54, 1.807) is 24.3 Å². The normalized spacial score (nSPS) is 19.5. The minimum absolute atomic E-state index is 0.0576. The van der Waals surface area contributed by atoms with Gasteiger partial charge in [-0.15, -0.1) is 0 Å². The average molecular weight is 473 g/mol. The maximum absolute atomic E-state index is 12.5. The van der Waals surface area contributed by atoms with Crippen molar-refractivity contribution in [1.82, 2.24) is 4.31 Å². The maximum atomic E-state index is 12.5. The van der Waals surface area contributed by atoms with E-state index in [1.807, 2.05) is 0 Å². The van der Waals surface area contributed by atoms with Gasteiger partial charge in [-0.3, -0.25) is 0 Å². The molecule has 3 rings (SSSR count). The third kappa shape index (κ3) is 5.06. The molecule has 1 unspecified atom stereocenters. The lowest BCUT2D eigenvalue weighted by Crippen LogP contribution is -2.38. The summed E-state index contributed by atoms with van der Waals surface area (Å²) in [4.78, 5) is 0.173. The minimum atomic E-state index is -3.64. The molecule has 0 aromatic heterocycles. The number of hydrogen-bond donors (Lipinski definition) is 3. The van der Waals surface area contributed by atoms with Crippen molar-refractivity contribution in [2.45, 2.75) is 16.9 Å².